The van der Waals surface area contributed by atoms with Crippen molar-refractivity contribution in [1.29, 1.82) is 0 Å². The van der Waals surface area contributed by atoms with E-state index in [1.54, 1.807) is 18.6 Å². The Balaban J connectivity index is 1.74. The highest BCUT2D eigenvalue weighted by molar-refractivity contribution is 7.11. The smallest absolute Gasteiger partial charge is 0.120 e. The first-order chi connectivity index (χ1) is 10.4. The van der Waals surface area contributed by atoms with E-state index in [9.17, 15) is 0 Å². The van der Waals surface area contributed by atoms with E-state index in [4.69, 9.17) is 4.74 Å². The van der Waals surface area contributed by atoms with Gasteiger partial charge >= 0.3 is 0 Å². The molecule has 1 atom stereocenters. The van der Waals surface area contributed by atoms with Crippen molar-refractivity contribution in [3.63, 3.8) is 0 Å². The van der Waals surface area contributed by atoms with Gasteiger partial charge in [-0.3, -0.25) is 0 Å². The molecule has 1 fully saturated rings. The van der Waals surface area contributed by atoms with E-state index in [1.807, 2.05) is 0 Å². The Hall–Kier alpha value is -1.17. The largest absolute Gasteiger partial charge is 0.383 e. The van der Waals surface area contributed by atoms with Gasteiger partial charge in [0.2, 0.25) is 0 Å². The van der Waals surface area contributed by atoms with Crippen molar-refractivity contribution in [2.75, 3.05) is 38.3 Å². The lowest BCUT2D eigenvalue weighted by Crippen LogP contribution is -2.45. The van der Waals surface area contributed by atoms with Gasteiger partial charge in [0.1, 0.15) is 5.00 Å². The summed E-state index contributed by atoms with van der Waals surface area (Å²) in [5.41, 5.74) is 1.12. The van der Waals surface area contributed by atoms with Gasteiger partial charge in [0, 0.05) is 38.2 Å². The summed E-state index contributed by atoms with van der Waals surface area (Å²) in [5, 5.41) is 6.15. The molecule has 1 saturated heterocycles. The Bertz CT molecular complexity index is 571. The molecule has 4 nitrogen and oxygen atoms in total. The van der Waals surface area contributed by atoms with Gasteiger partial charge in [-0.2, -0.15) is 4.37 Å². The third-order valence-electron chi connectivity index (χ3n) is 4.12. The van der Waals surface area contributed by atoms with Gasteiger partial charge in [0.25, 0.3) is 0 Å². The molecule has 0 radical (unpaired) electrons. The van der Waals surface area contributed by atoms with E-state index in [0.29, 0.717) is 6.04 Å². The molecule has 1 aliphatic rings. The Morgan fingerprint density at radius 2 is 2.29 bits per heavy atom. The third-order valence-corrected chi connectivity index (χ3v) is 5.03. The number of nitrogens with one attached hydrogen (secondary N) is 1. The highest BCUT2D eigenvalue weighted by Gasteiger charge is 2.25. The number of ether oxygens (including phenoxy) is 1. The van der Waals surface area contributed by atoms with Crippen LogP contribution in [-0.4, -0.2) is 43.8 Å². The van der Waals surface area contributed by atoms with Crippen LogP contribution >= 0.6 is 11.5 Å². The molecule has 114 valence electrons. The highest BCUT2D eigenvalue weighted by atomic mass is 32.1. The fourth-order valence-corrected chi connectivity index (χ4v) is 3.97. The highest BCUT2D eigenvalue weighted by Crippen LogP contribution is 2.34. The third kappa shape index (κ3) is 3.36. The lowest BCUT2D eigenvalue weighted by Gasteiger charge is -2.36. The molecule has 0 aliphatic carbocycles. The lowest BCUT2D eigenvalue weighted by molar-refractivity contribution is 0.198. The molecule has 1 aromatic heterocycles. The van der Waals surface area contributed by atoms with Crippen LogP contribution in [0, 0.1) is 0 Å². The summed E-state index contributed by atoms with van der Waals surface area (Å²) in [6.07, 6.45) is 3.86. The Kier molecular flexibility index (Phi) is 5.06. The van der Waals surface area contributed by atoms with Gasteiger partial charge < -0.3 is 15.0 Å². The number of anilines is 1. The summed E-state index contributed by atoms with van der Waals surface area (Å²) in [6.45, 7) is 3.86. The average molecular weight is 305 g/mol. The van der Waals surface area contributed by atoms with E-state index in [0.717, 1.165) is 31.8 Å². The zero-order valence-corrected chi connectivity index (χ0v) is 13.4. The zero-order chi connectivity index (χ0) is 14.5. The molecule has 2 aromatic rings. The number of aromatic nitrogens is 1. The minimum absolute atomic E-state index is 0.569. The quantitative estimate of drug-likeness (QED) is 0.833. The first-order valence-corrected chi connectivity index (χ1v) is 8.48. The summed E-state index contributed by atoms with van der Waals surface area (Å²) in [5.74, 6) is 0. The van der Waals surface area contributed by atoms with E-state index >= 15 is 0 Å². The summed E-state index contributed by atoms with van der Waals surface area (Å²) in [7, 11) is 1.75. The number of methoxy groups -OCH3 is 1. The normalized spacial score (nSPS) is 19.3. The van der Waals surface area contributed by atoms with Crippen molar-refractivity contribution in [3.05, 3.63) is 24.3 Å². The van der Waals surface area contributed by atoms with Gasteiger partial charge in [0.15, 0.2) is 0 Å². The van der Waals surface area contributed by atoms with Crippen LogP contribution in [0.5, 0.6) is 0 Å². The number of nitrogens with zero attached hydrogens (tertiary/aromatic N) is 2. The minimum Gasteiger partial charge on any atom is -0.383 e. The summed E-state index contributed by atoms with van der Waals surface area (Å²) >= 11 is 1.64. The van der Waals surface area contributed by atoms with E-state index in [1.165, 1.54) is 29.6 Å². The SMILES string of the molecule is COCCNCC1CCCCN1c1snc2ccccc12. The molecular formula is C16H23N3OS. The molecule has 1 N–H and O–H groups in total. The van der Waals surface area contributed by atoms with E-state index in [-0.39, 0.29) is 0 Å². The molecule has 0 bridgehead atoms. The fourth-order valence-electron chi connectivity index (χ4n) is 3.01. The first-order valence-electron chi connectivity index (χ1n) is 7.71. The number of hydrogen-bond donors (Lipinski definition) is 1. The maximum atomic E-state index is 5.10. The molecule has 5 heteroatoms. The van der Waals surface area contributed by atoms with Crippen LogP contribution in [0.4, 0.5) is 5.00 Å². The monoisotopic (exact) mass is 305 g/mol. The van der Waals surface area contributed by atoms with E-state index in [2.05, 4.69) is 38.9 Å². The van der Waals surface area contributed by atoms with Crippen molar-refractivity contribution in [2.45, 2.75) is 25.3 Å². The Morgan fingerprint density at radius 1 is 1.38 bits per heavy atom. The molecule has 1 unspecified atom stereocenters. The Labute approximate surface area is 130 Å². The second-order valence-electron chi connectivity index (χ2n) is 5.54. The second kappa shape index (κ2) is 7.20. The summed E-state index contributed by atoms with van der Waals surface area (Å²) in [6, 6.07) is 9.03. The van der Waals surface area contributed by atoms with Crippen LogP contribution in [0.1, 0.15) is 19.3 Å². The van der Waals surface area contributed by atoms with Crippen molar-refractivity contribution in [1.82, 2.24) is 9.69 Å². The van der Waals surface area contributed by atoms with Gasteiger partial charge in [0.05, 0.1) is 12.1 Å². The minimum atomic E-state index is 0.569. The van der Waals surface area contributed by atoms with Crippen LogP contribution < -0.4 is 10.2 Å². The van der Waals surface area contributed by atoms with Crippen LogP contribution in [-0.2, 0) is 4.74 Å². The number of piperidine rings is 1. The zero-order valence-electron chi connectivity index (χ0n) is 12.5. The lowest BCUT2D eigenvalue weighted by atomic mass is 10.0. The molecule has 0 spiro atoms. The van der Waals surface area contributed by atoms with Crippen molar-refractivity contribution >= 4 is 27.4 Å². The van der Waals surface area contributed by atoms with Crippen molar-refractivity contribution in [2.24, 2.45) is 0 Å². The topological polar surface area (TPSA) is 37.4 Å². The summed E-state index contributed by atoms with van der Waals surface area (Å²) in [4.78, 5) is 2.56. The maximum Gasteiger partial charge on any atom is 0.120 e. The first kappa shape index (κ1) is 14.8. The Morgan fingerprint density at radius 3 is 3.19 bits per heavy atom. The van der Waals surface area contributed by atoms with Crippen LogP contribution in [0.3, 0.4) is 0 Å². The van der Waals surface area contributed by atoms with Gasteiger partial charge in [-0.1, -0.05) is 12.1 Å². The van der Waals surface area contributed by atoms with Crippen molar-refractivity contribution < 1.29 is 4.74 Å². The number of benzene rings is 1. The molecule has 3 rings (SSSR count). The molecule has 1 aliphatic heterocycles. The number of hydrogen-bond acceptors (Lipinski definition) is 5. The molecule has 0 amide bonds. The molecule has 2 heterocycles. The second-order valence-corrected chi connectivity index (χ2v) is 6.30. The van der Waals surface area contributed by atoms with E-state index < -0.39 is 0 Å². The average Bonchev–Trinajstić information content (AvgIpc) is 2.96. The predicted molar refractivity (Wildman–Crippen MR) is 89.4 cm³/mol. The maximum absolute atomic E-state index is 5.10. The standard InChI is InChI=1S/C16H23N3OS/c1-20-11-9-17-12-13-6-4-5-10-19(13)16-14-7-2-3-8-15(14)18-21-16/h2-3,7-8,13,17H,4-6,9-12H2,1H3. The van der Waals surface area contributed by atoms with Gasteiger partial charge in [-0.05, 0) is 42.9 Å². The van der Waals surface area contributed by atoms with Crippen LogP contribution in [0.2, 0.25) is 0 Å². The fraction of sp³-hybridized carbons (Fsp3) is 0.562. The van der Waals surface area contributed by atoms with Gasteiger partial charge in [-0.25, -0.2) is 0 Å². The number of fused-ring (bicyclic) bond motifs is 1. The molecular weight excluding hydrogens is 282 g/mol. The molecule has 1 aromatic carbocycles. The van der Waals surface area contributed by atoms with Crippen LogP contribution in [0.15, 0.2) is 24.3 Å². The van der Waals surface area contributed by atoms with Crippen molar-refractivity contribution in [3.8, 4) is 0 Å². The summed E-state index contributed by atoms with van der Waals surface area (Å²) < 4.78 is 9.70. The number of rotatable bonds is 6. The molecule has 0 saturated carbocycles. The van der Waals surface area contributed by atoms with Gasteiger partial charge in [-0.15, -0.1) is 0 Å². The molecule has 21 heavy (non-hydrogen) atoms. The van der Waals surface area contributed by atoms with Crippen LogP contribution in [0.25, 0.3) is 10.9 Å². The predicted octanol–water partition coefficient (Wildman–Crippen LogP) is 2.89.